The normalized spacial score (nSPS) is 10.9. The molecule has 152 valence electrons. The van der Waals surface area contributed by atoms with Crippen LogP contribution in [-0.4, -0.2) is 32.5 Å². The summed E-state index contributed by atoms with van der Waals surface area (Å²) in [5.74, 6) is 0.650. The summed E-state index contributed by atoms with van der Waals surface area (Å²) in [6, 6.07) is 12.9. The molecule has 29 heavy (non-hydrogen) atoms. The Hall–Kier alpha value is -3.11. The lowest BCUT2D eigenvalue weighted by Crippen LogP contribution is -2.20. The van der Waals surface area contributed by atoms with Crippen molar-refractivity contribution in [2.75, 3.05) is 23.3 Å². The Kier molecular flexibility index (Phi) is 6.68. The molecule has 0 aliphatic rings. The Morgan fingerprint density at radius 3 is 2.38 bits per heavy atom. The highest BCUT2D eigenvalue weighted by molar-refractivity contribution is 7.93. The molecule has 1 amide bonds. The van der Waals surface area contributed by atoms with Crippen molar-refractivity contribution >= 4 is 38.1 Å². The molecular formula is C19H19N3O5S2. The number of benzene rings is 2. The third-order valence-corrected chi connectivity index (χ3v) is 5.78. The minimum Gasteiger partial charge on any atom is -0.490 e. The smallest absolute Gasteiger partial charge is 0.263 e. The number of sulfonamides is 1. The van der Waals surface area contributed by atoms with E-state index < -0.39 is 10.0 Å². The summed E-state index contributed by atoms with van der Waals surface area (Å²) in [6.45, 7) is 2.13. The summed E-state index contributed by atoms with van der Waals surface area (Å²) in [5, 5.41) is 4.61. The van der Waals surface area contributed by atoms with Crippen molar-refractivity contribution in [3.63, 3.8) is 0 Å². The van der Waals surface area contributed by atoms with Crippen molar-refractivity contribution in [3.8, 4) is 11.5 Å². The van der Waals surface area contributed by atoms with Gasteiger partial charge >= 0.3 is 0 Å². The third kappa shape index (κ3) is 5.69. The van der Waals surface area contributed by atoms with Gasteiger partial charge in [-0.15, -0.1) is 11.3 Å². The number of hydrogen-bond acceptors (Lipinski definition) is 7. The molecule has 2 N–H and O–H groups in total. The maximum absolute atomic E-state index is 12.3. The van der Waals surface area contributed by atoms with Crippen LogP contribution in [0.25, 0.3) is 0 Å². The number of thiazole rings is 1. The SMILES string of the molecule is CCOc1ccccc1OCC(=O)Nc1ccc(S(=O)(=O)Nc2nccs2)cc1. The van der Waals surface area contributed by atoms with Gasteiger partial charge in [0.25, 0.3) is 15.9 Å². The molecule has 0 spiro atoms. The Balaban J connectivity index is 1.57. The molecule has 0 aliphatic heterocycles. The van der Waals surface area contributed by atoms with E-state index in [0.29, 0.717) is 23.8 Å². The second-order valence-corrected chi connectivity index (χ2v) is 8.26. The van der Waals surface area contributed by atoms with Gasteiger partial charge in [-0.3, -0.25) is 9.52 Å². The van der Waals surface area contributed by atoms with Gasteiger partial charge in [-0.05, 0) is 43.3 Å². The van der Waals surface area contributed by atoms with Crippen molar-refractivity contribution in [1.82, 2.24) is 4.98 Å². The van der Waals surface area contributed by atoms with E-state index in [1.54, 1.807) is 23.6 Å². The number of hydrogen-bond donors (Lipinski definition) is 2. The molecule has 0 saturated carbocycles. The van der Waals surface area contributed by atoms with Crippen LogP contribution in [0.15, 0.2) is 65.0 Å². The zero-order valence-electron chi connectivity index (χ0n) is 15.5. The average molecular weight is 434 g/mol. The van der Waals surface area contributed by atoms with Gasteiger partial charge in [0.1, 0.15) is 0 Å². The first-order valence-electron chi connectivity index (χ1n) is 8.65. The van der Waals surface area contributed by atoms with Gasteiger partial charge in [0.2, 0.25) is 0 Å². The number of carbonyl (C=O) groups is 1. The number of amides is 1. The Morgan fingerprint density at radius 2 is 1.76 bits per heavy atom. The van der Waals surface area contributed by atoms with Crippen molar-refractivity contribution in [3.05, 3.63) is 60.1 Å². The van der Waals surface area contributed by atoms with Crippen LogP contribution in [0.1, 0.15) is 6.92 Å². The molecule has 0 fully saturated rings. The van der Waals surface area contributed by atoms with E-state index in [4.69, 9.17) is 9.47 Å². The Bertz CT molecular complexity index is 1050. The Morgan fingerprint density at radius 1 is 1.07 bits per heavy atom. The molecule has 3 aromatic rings. The maximum atomic E-state index is 12.3. The minimum atomic E-state index is -3.74. The van der Waals surface area contributed by atoms with Gasteiger partial charge in [-0.25, -0.2) is 13.4 Å². The molecule has 0 saturated heterocycles. The van der Waals surface area contributed by atoms with E-state index in [1.807, 2.05) is 13.0 Å². The van der Waals surface area contributed by atoms with Crippen molar-refractivity contribution < 1.29 is 22.7 Å². The molecule has 0 aliphatic carbocycles. The fourth-order valence-electron chi connectivity index (χ4n) is 2.35. The van der Waals surface area contributed by atoms with Gasteiger partial charge in [0, 0.05) is 17.3 Å². The summed E-state index contributed by atoms with van der Waals surface area (Å²) in [5.41, 5.74) is 0.449. The molecule has 1 aromatic heterocycles. The molecule has 2 aromatic carbocycles. The number of rotatable bonds is 9. The second-order valence-electron chi connectivity index (χ2n) is 5.68. The van der Waals surface area contributed by atoms with Gasteiger partial charge < -0.3 is 14.8 Å². The van der Waals surface area contributed by atoms with Crippen LogP contribution in [0.3, 0.4) is 0 Å². The van der Waals surface area contributed by atoms with Crippen molar-refractivity contribution in [1.29, 1.82) is 0 Å². The van der Waals surface area contributed by atoms with Crippen molar-refractivity contribution in [2.45, 2.75) is 11.8 Å². The predicted octanol–water partition coefficient (Wildman–Crippen LogP) is 3.36. The highest BCUT2D eigenvalue weighted by Gasteiger charge is 2.15. The van der Waals surface area contributed by atoms with Crippen LogP contribution in [0, 0.1) is 0 Å². The topological polar surface area (TPSA) is 107 Å². The number of ether oxygens (including phenoxy) is 2. The average Bonchev–Trinajstić information content (AvgIpc) is 3.20. The number of aromatic nitrogens is 1. The first-order chi connectivity index (χ1) is 14.0. The lowest BCUT2D eigenvalue weighted by molar-refractivity contribution is -0.118. The van der Waals surface area contributed by atoms with Gasteiger partial charge in [0.15, 0.2) is 23.2 Å². The van der Waals surface area contributed by atoms with Crippen LogP contribution >= 0.6 is 11.3 Å². The second kappa shape index (κ2) is 9.39. The summed E-state index contributed by atoms with van der Waals surface area (Å²) < 4.78 is 38.0. The van der Waals surface area contributed by atoms with Gasteiger partial charge in [0.05, 0.1) is 11.5 Å². The number of nitrogens with one attached hydrogen (secondary N) is 2. The summed E-state index contributed by atoms with van der Waals surface area (Å²) >= 11 is 1.18. The van der Waals surface area contributed by atoms with Crippen LogP contribution in [0.4, 0.5) is 10.8 Å². The quantitative estimate of drug-likeness (QED) is 0.536. The maximum Gasteiger partial charge on any atom is 0.263 e. The zero-order valence-corrected chi connectivity index (χ0v) is 17.1. The van der Waals surface area contributed by atoms with E-state index in [2.05, 4.69) is 15.0 Å². The molecule has 0 atom stereocenters. The largest absolute Gasteiger partial charge is 0.490 e. The molecule has 0 radical (unpaired) electrons. The van der Waals surface area contributed by atoms with Crippen LogP contribution in [0.2, 0.25) is 0 Å². The molecule has 0 unspecified atom stereocenters. The van der Waals surface area contributed by atoms with Crippen molar-refractivity contribution in [2.24, 2.45) is 0 Å². The first-order valence-corrected chi connectivity index (χ1v) is 11.0. The number of para-hydroxylation sites is 2. The molecule has 0 bridgehead atoms. The van der Waals surface area contributed by atoms with Crippen LogP contribution in [0.5, 0.6) is 11.5 Å². The first kappa shape index (κ1) is 20.6. The number of anilines is 2. The molecule has 8 nitrogen and oxygen atoms in total. The fourth-order valence-corrected chi connectivity index (χ4v) is 4.14. The summed E-state index contributed by atoms with van der Waals surface area (Å²) in [6.07, 6.45) is 1.51. The van der Waals surface area contributed by atoms with E-state index >= 15 is 0 Å². The Labute approximate surface area is 172 Å². The van der Waals surface area contributed by atoms with Gasteiger partial charge in [-0.1, -0.05) is 12.1 Å². The minimum absolute atomic E-state index is 0.0626. The van der Waals surface area contributed by atoms with Gasteiger partial charge in [-0.2, -0.15) is 0 Å². The van der Waals surface area contributed by atoms with E-state index in [-0.39, 0.29) is 22.5 Å². The number of carbonyl (C=O) groups excluding carboxylic acids is 1. The lowest BCUT2D eigenvalue weighted by Gasteiger charge is -2.12. The zero-order chi connectivity index (χ0) is 20.7. The third-order valence-electron chi connectivity index (χ3n) is 3.61. The molecular weight excluding hydrogens is 414 g/mol. The summed E-state index contributed by atoms with van der Waals surface area (Å²) in [4.78, 5) is 16.1. The monoisotopic (exact) mass is 433 g/mol. The van der Waals surface area contributed by atoms with E-state index in [0.717, 1.165) is 0 Å². The summed E-state index contributed by atoms with van der Waals surface area (Å²) in [7, 11) is -3.74. The molecule has 3 rings (SSSR count). The predicted molar refractivity (Wildman–Crippen MR) is 111 cm³/mol. The molecule has 10 heteroatoms. The van der Waals surface area contributed by atoms with Crippen LogP contribution < -0.4 is 19.5 Å². The van der Waals surface area contributed by atoms with E-state index in [1.165, 1.54) is 41.8 Å². The number of nitrogens with zero attached hydrogens (tertiary/aromatic N) is 1. The lowest BCUT2D eigenvalue weighted by atomic mass is 10.3. The van der Waals surface area contributed by atoms with E-state index in [9.17, 15) is 13.2 Å². The highest BCUT2D eigenvalue weighted by atomic mass is 32.2. The fraction of sp³-hybridized carbons (Fsp3) is 0.158. The van der Waals surface area contributed by atoms with Crippen LogP contribution in [-0.2, 0) is 14.8 Å². The molecule has 1 heterocycles. The standard InChI is InChI=1S/C19H19N3O5S2/c1-2-26-16-5-3-4-6-17(16)27-13-18(23)21-14-7-9-15(10-8-14)29(24,25)22-19-20-11-12-28-19/h3-12H,2,13H2,1H3,(H,20,22)(H,21,23). The highest BCUT2D eigenvalue weighted by Crippen LogP contribution is 2.26.